The summed E-state index contributed by atoms with van der Waals surface area (Å²) in [6, 6.07) is 4.88. The minimum Gasteiger partial charge on any atom is -0.379 e. The van der Waals surface area contributed by atoms with E-state index in [4.69, 9.17) is 0 Å². The van der Waals surface area contributed by atoms with Gasteiger partial charge in [-0.1, -0.05) is 6.08 Å². The number of benzene rings is 1. The van der Waals surface area contributed by atoms with E-state index < -0.39 is 23.2 Å². The number of rotatable bonds is 8. The maximum atomic E-state index is 13.2. The van der Waals surface area contributed by atoms with Gasteiger partial charge >= 0.3 is 0 Å². The summed E-state index contributed by atoms with van der Waals surface area (Å²) in [5, 5.41) is 20.8. The van der Waals surface area contributed by atoms with E-state index in [0.717, 1.165) is 4.90 Å². The van der Waals surface area contributed by atoms with Gasteiger partial charge in [-0.25, -0.2) is 4.39 Å². The lowest BCUT2D eigenvalue weighted by atomic mass is 10.1. The van der Waals surface area contributed by atoms with Gasteiger partial charge in [0.25, 0.3) is 11.6 Å². The minimum atomic E-state index is -1.75. The van der Waals surface area contributed by atoms with Gasteiger partial charge in [0.1, 0.15) is 5.60 Å². The number of non-ortho nitro benzene ring substituents is 1. The number of nitrogens with zero attached hydrogens (tertiary/aromatic N) is 2. The summed E-state index contributed by atoms with van der Waals surface area (Å²) in [5.41, 5.74) is -1.77. The molecule has 22 heavy (non-hydrogen) atoms. The molecular weight excluding hydrogens is 311 g/mol. The van der Waals surface area contributed by atoms with Crippen LogP contribution in [0.15, 0.2) is 36.9 Å². The van der Waals surface area contributed by atoms with Crippen molar-refractivity contribution in [2.75, 3.05) is 23.2 Å². The largest absolute Gasteiger partial charge is 0.379 e. The molecule has 120 valence electrons. The Labute approximate surface area is 131 Å². The van der Waals surface area contributed by atoms with Crippen molar-refractivity contribution < 1.29 is 19.2 Å². The molecular formula is C14H17FN2O4S. The average Bonchev–Trinajstić information content (AvgIpc) is 2.48. The highest BCUT2D eigenvalue weighted by molar-refractivity contribution is 7.99. The van der Waals surface area contributed by atoms with E-state index in [1.807, 2.05) is 0 Å². The summed E-state index contributed by atoms with van der Waals surface area (Å²) >= 11 is 1.29. The molecule has 1 rings (SSSR count). The fourth-order valence-electron chi connectivity index (χ4n) is 1.69. The highest BCUT2D eigenvalue weighted by Gasteiger charge is 2.35. The Bertz CT molecular complexity index is 548. The Morgan fingerprint density at radius 3 is 2.59 bits per heavy atom. The van der Waals surface area contributed by atoms with E-state index in [0.29, 0.717) is 5.75 Å². The highest BCUT2D eigenvalue weighted by Crippen LogP contribution is 2.24. The lowest BCUT2D eigenvalue weighted by molar-refractivity contribution is -0.384. The highest BCUT2D eigenvalue weighted by atomic mass is 32.2. The molecule has 1 unspecified atom stereocenters. The van der Waals surface area contributed by atoms with Crippen LogP contribution in [0.3, 0.4) is 0 Å². The van der Waals surface area contributed by atoms with E-state index in [9.17, 15) is 24.4 Å². The van der Waals surface area contributed by atoms with Crippen LogP contribution >= 0.6 is 11.8 Å². The third kappa shape index (κ3) is 4.54. The number of nitro groups is 1. The first kappa shape index (κ1) is 18.1. The van der Waals surface area contributed by atoms with Crippen LogP contribution in [0.4, 0.5) is 15.8 Å². The minimum absolute atomic E-state index is 0.0847. The van der Waals surface area contributed by atoms with Gasteiger partial charge in [0.2, 0.25) is 0 Å². The molecule has 1 aromatic rings. The zero-order chi connectivity index (χ0) is 16.8. The molecule has 0 fully saturated rings. The molecule has 1 amide bonds. The number of alkyl halides is 1. The van der Waals surface area contributed by atoms with Gasteiger partial charge in [-0.3, -0.25) is 19.8 Å². The molecule has 8 heteroatoms. The van der Waals surface area contributed by atoms with Gasteiger partial charge in [0.05, 0.1) is 4.92 Å². The van der Waals surface area contributed by atoms with Gasteiger partial charge in [-0.2, -0.15) is 11.8 Å². The van der Waals surface area contributed by atoms with E-state index in [-0.39, 0.29) is 17.1 Å². The maximum absolute atomic E-state index is 13.2. The molecule has 0 aromatic heterocycles. The van der Waals surface area contributed by atoms with Crippen LogP contribution in [0.1, 0.15) is 6.92 Å². The number of halogens is 1. The van der Waals surface area contributed by atoms with Crippen molar-refractivity contribution in [3.8, 4) is 0 Å². The quantitative estimate of drug-likeness (QED) is 0.261. The van der Waals surface area contributed by atoms with Crippen LogP contribution in [0.5, 0.6) is 0 Å². The van der Waals surface area contributed by atoms with Crippen LogP contribution in [0.2, 0.25) is 0 Å². The molecule has 0 heterocycles. The molecule has 0 spiro atoms. The van der Waals surface area contributed by atoms with Gasteiger partial charge in [0, 0.05) is 29.3 Å². The van der Waals surface area contributed by atoms with Crippen molar-refractivity contribution in [2.24, 2.45) is 0 Å². The SMILES string of the molecule is C=CCSCC(C)(O)C(=O)N(CF)c1ccc([N+](=O)[O-])cc1. The standard InChI is InChI=1S/C14H17FN2O4S/c1-3-8-22-9-14(2,19)13(18)16(10-15)11-4-6-12(7-5-11)17(20)21/h3-7,19H,1,8-10H2,2H3. The third-order valence-corrected chi connectivity index (χ3v) is 4.05. The number of carbonyl (C=O) groups excluding carboxylic acids is 1. The van der Waals surface area contributed by atoms with Crippen molar-refractivity contribution in [2.45, 2.75) is 12.5 Å². The predicted molar refractivity (Wildman–Crippen MR) is 84.7 cm³/mol. The van der Waals surface area contributed by atoms with E-state index in [1.165, 1.54) is 43.0 Å². The molecule has 1 atom stereocenters. The van der Waals surface area contributed by atoms with E-state index in [1.54, 1.807) is 6.08 Å². The molecule has 0 aliphatic rings. The third-order valence-electron chi connectivity index (χ3n) is 2.82. The van der Waals surface area contributed by atoms with Crippen LogP contribution in [0.25, 0.3) is 0 Å². The van der Waals surface area contributed by atoms with Gasteiger partial charge < -0.3 is 5.11 Å². The Morgan fingerprint density at radius 2 is 2.14 bits per heavy atom. The van der Waals surface area contributed by atoms with Crippen molar-refractivity contribution in [1.82, 2.24) is 0 Å². The fourth-order valence-corrected chi connectivity index (χ4v) is 2.49. The summed E-state index contributed by atoms with van der Waals surface area (Å²) in [6.45, 7) is 3.70. The number of hydrogen-bond donors (Lipinski definition) is 1. The molecule has 0 radical (unpaired) electrons. The van der Waals surface area contributed by atoms with Crippen LogP contribution < -0.4 is 4.90 Å². The number of nitro benzene ring substituents is 1. The zero-order valence-electron chi connectivity index (χ0n) is 12.1. The van der Waals surface area contributed by atoms with Crippen LogP contribution in [-0.4, -0.2) is 39.8 Å². The summed E-state index contributed by atoms with van der Waals surface area (Å²) < 4.78 is 13.2. The first-order valence-electron chi connectivity index (χ1n) is 6.37. The monoisotopic (exact) mass is 328 g/mol. The molecule has 0 saturated heterocycles. The van der Waals surface area contributed by atoms with Crippen molar-refractivity contribution in [1.29, 1.82) is 0 Å². The molecule has 0 aliphatic carbocycles. The second-order valence-electron chi connectivity index (χ2n) is 4.70. The van der Waals surface area contributed by atoms with Crippen molar-refractivity contribution in [3.63, 3.8) is 0 Å². The second kappa shape index (κ2) is 7.90. The molecule has 1 aromatic carbocycles. The van der Waals surface area contributed by atoms with Crippen molar-refractivity contribution in [3.05, 3.63) is 47.0 Å². The van der Waals surface area contributed by atoms with E-state index >= 15 is 0 Å². The molecule has 0 bridgehead atoms. The van der Waals surface area contributed by atoms with Crippen LogP contribution in [0, 0.1) is 10.1 Å². The van der Waals surface area contributed by atoms with Crippen molar-refractivity contribution >= 4 is 29.0 Å². The Kier molecular flexibility index (Phi) is 6.51. The lowest BCUT2D eigenvalue weighted by Gasteiger charge is -2.28. The normalized spacial score (nSPS) is 13.2. The number of thioether (sulfide) groups is 1. The number of hydrogen-bond acceptors (Lipinski definition) is 5. The Hall–Kier alpha value is -1.93. The lowest BCUT2D eigenvalue weighted by Crippen LogP contribution is -2.49. The summed E-state index contributed by atoms with van der Waals surface area (Å²) in [7, 11) is 0. The number of aliphatic hydroxyl groups is 1. The van der Waals surface area contributed by atoms with E-state index in [2.05, 4.69) is 6.58 Å². The molecule has 6 nitrogen and oxygen atoms in total. The van der Waals surface area contributed by atoms with Gasteiger partial charge in [-0.05, 0) is 19.1 Å². The zero-order valence-corrected chi connectivity index (χ0v) is 12.9. The fraction of sp³-hybridized carbons (Fsp3) is 0.357. The van der Waals surface area contributed by atoms with Crippen LogP contribution in [-0.2, 0) is 4.79 Å². The summed E-state index contributed by atoms with van der Waals surface area (Å²) in [4.78, 5) is 23.0. The Morgan fingerprint density at radius 1 is 1.55 bits per heavy atom. The van der Waals surface area contributed by atoms with Gasteiger partial charge in [-0.15, -0.1) is 6.58 Å². The smallest absolute Gasteiger partial charge is 0.269 e. The summed E-state index contributed by atoms with van der Waals surface area (Å²) in [6.07, 6.45) is 1.63. The number of anilines is 1. The maximum Gasteiger partial charge on any atom is 0.269 e. The number of carbonyl (C=O) groups is 1. The average molecular weight is 328 g/mol. The summed E-state index contributed by atoms with van der Waals surface area (Å²) in [5.74, 6) is -0.168. The van der Waals surface area contributed by atoms with Gasteiger partial charge in [0.15, 0.2) is 6.80 Å². The first-order chi connectivity index (χ1) is 10.3. The first-order valence-corrected chi connectivity index (χ1v) is 7.52. The molecule has 1 N–H and O–H groups in total. The second-order valence-corrected chi connectivity index (χ2v) is 5.73. The Balaban J connectivity index is 2.91. The topological polar surface area (TPSA) is 83.7 Å². The molecule has 0 aliphatic heterocycles. The number of amides is 1. The predicted octanol–water partition coefficient (Wildman–Crippen LogP) is 2.53. The molecule has 0 saturated carbocycles.